The number of nitrogen functional groups attached to an aromatic ring is 1. The molecule has 0 aliphatic heterocycles. The third kappa shape index (κ3) is 5.02. The first kappa shape index (κ1) is 26.2. The van der Waals surface area contributed by atoms with Crippen LogP contribution < -0.4 is 10.6 Å². The normalized spacial score (nSPS) is 11.9. The first-order valence-corrected chi connectivity index (χ1v) is 13.6. The van der Waals surface area contributed by atoms with Crippen LogP contribution in [0.25, 0.3) is 11.0 Å². The minimum Gasteiger partial charge on any atom is -0.375 e. The summed E-state index contributed by atoms with van der Waals surface area (Å²) in [5, 5.41) is 12.5. The molecule has 2 heterocycles. The van der Waals surface area contributed by atoms with E-state index in [1.54, 1.807) is 24.3 Å². The molecule has 0 atom stereocenters. The van der Waals surface area contributed by atoms with Gasteiger partial charge in [0.1, 0.15) is 21.1 Å². The number of hydrogen-bond donors (Lipinski definition) is 1. The maximum atomic E-state index is 13.7. The van der Waals surface area contributed by atoms with E-state index >= 15 is 0 Å². The summed E-state index contributed by atoms with van der Waals surface area (Å²) in [6, 6.07) is 35.8. The van der Waals surface area contributed by atoms with E-state index in [0.717, 1.165) is 32.9 Å². The van der Waals surface area contributed by atoms with Crippen molar-refractivity contribution in [2.24, 2.45) is 5.16 Å². The van der Waals surface area contributed by atoms with Crippen LogP contribution in [0.2, 0.25) is 4.34 Å². The molecular formula is C30H21ClN6O3S. The monoisotopic (exact) mass is 580 g/mol. The Bertz CT molecular complexity index is 1750. The first-order chi connectivity index (χ1) is 20.1. The standard InChI is InChI=1S/C30H21ClN6O3S/c31-27-25(33-29(32)41-27)26(28(38)39-37-24-19-11-10-18-23(24)34-36-37)35-40-30(20-12-4-1-5-13-20,21-14-6-2-7-15-21)22-16-8-3-9-17-22/h1-19H,(H2,32,33)/b35-26-. The minimum absolute atomic E-state index is 0.0201. The van der Waals surface area contributed by atoms with Crippen LogP contribution >= 0.6 is 22.9 Å². The highest BCUT2D eigenvalue weighted by atomic mass is 35.5. The highest BCUT2D eigenvalue weighted by molar-refractivity contribution is 7.19. The van der Waals surface area contributed by atoms with E-state index in [0.29, 0.717) is 11.0 Å². The summed E-state index contributed by atoms with van der Waals surface area (Å²) in [7, 11) is 0. The lowest BCUT2D eigenvalue weighted by molar-refractivity contribution is -0.137. The van der Waals surface area contributed by atoms with Crippen molar-refractivity contribution in [3.05, 3.63) is 142 Å². The Morgan fingerprint density at radius 2 is 1.37 bits per heavy atom. The zero-order valence-corrected chi connectivity index (χ0v) is 22.9. The number of para-hydroxylation sites is 1. The molecule has 202 valence electrons. The lowest BCUT2D eigenvalue weighted by atomic mass is 9.80. The van der Waals surface area contributed by atoms with Crippen LogP contribution in [-0.2, 0) is 15.2 Å². The number of anilines is 1. The molecule has 6 aromatic rings. The molecule has 0 saturated carbocycles. The predicted octanol–water partition coefficient (Wildman–Crippen LogP) is 5.49. The zero-order valence-electron chi connectivity index (χ0n) is 21.3. The molecule has 4 aromatic carbocycles. The average Bonchev–Trinajstić information content (AvgIpc) is 3.58. The second kappa shape index (κ2) is 11.2. The molecule has 0 spiro atoms. The Morgan fingerprint density at radius 1 is 0.829 bits per heavy atom. The van der Waals surface area contributed by atoms with Gasteiger partial charge in [-0.25, -0.2) is 9.78 Å². The largest absolute Gasteiger partial charge is 0.389 e. The molecule has 0 radical (unpaired) electrons. The quantitative estimate of drug-likeness (QED) is 0.109. The minimum atomic E-state index is -1.26. The van der Waals surface area contributed by atoms with Gasteiger partial charge in [-0.15, -0.1) is 5.10 Å². The Hall–Kier alpha value is -5.06. The number of oxime groups is 1. The topological polar surface area (TPSA) is 118 Å². The zero-order chi connectivity index (χ0) is 28.2. The van der Waals surface area contributed by atoms with E-state index in [9.17, 15) is 4.79 Å². The molecule has 41 heavy (non-hydrogen) atoms. The number of benzene rings is 4. The van der Waals surface area contributed by atoms with Crippen molar-refractivity contribution in [1.82, 2.24) is 20.1 Å². The first-order valence-electron chi connectivity index (χ1n) is 12.4. The Morgan fingerprint density at radius 3 is 1.90 bits per heavy atom. The maximum Gasteiger partial charge on any atom is 0.389 e. The second-order valence-electron chi connectivity index (χ2n) is 8.81. The summed E-state index contributed by atoms with van der Waals surface area (Å²) in [4.78, 5) is 31.0. The molecule has 0 aliphatic carbocycles. The Labute approximate surface area is 243 Å². The van der Waals surface area contributed by atoms with Gasteiger partial charge in [0, 0.05) is 16.7 Å². The van der Waals surface area contributed by atoms with Gasteiger partial charge in [0.25, 0.3) is 0 Å². The number of thiazole rings is 1. The SMILES string of the molecule is Nc1nc(/C(=N/OC(c2ccccc2)(c2ccccc2)c2ccccc2)C(=O)On2nnc3ccccc32)c(Cl)s1. The van der Waals surface area contributed by atoms with Gasteiger partial charge in [-0.2, -0.15) is 0 Å². The van der Waals surface area contributed by atoms with Crippen molar-refractivity contribution in [3.63, 3.8) is 0 Å². The molecule has 11 heteroatoms. The van der Waals surface area contributed by atoms with E-state index in [2.05, 4.69) is 20.5 Å². The van der Waals surface area contributed by atoms with Crippen LogP contribution in [0.4, 0.5) is 5.13 Å². The van der Waals surface area contributed by atoms with Gasteiger partial charge in [-0.05, 0) is 17.3 Å². The number of halogens is 1. The van der Waals surface area contributed by atoms with Crippen molar-refractivity contribution >= 4 is 50.8 Å². The van der Waals surface area contributed by atoms with Gasteiger partial charge in [0.15, 0.2) is 5.13 Å². The number of fused-ring (bicyclic) bond motifs is 1. The van der Waals surface area contributed by atoms with Crippen molar-refractivity contribution in [2.45, 2.75) is 5.60 Å². The number of carbonyl (C=O) groups is 1. The van der Waals surface area contributed by atoms with Gasteiger partial charge in [-0.3, -0.25) is 0 Å². The lowest BCUT2D eigenvalue weighted by Gasteiger charge is -2.33. The maximum absolute atomic E-state index is 13.7. The number of carbonyl (C=O) groups excluding carboxylic acids is 1. The van der Waals surface area contributed by atoms with Gasteiger partial charge < -0.3 is 15.4 Å². The molecule has 6 rings (SSSR count). The van der Waals surface area contributed by atoms with E-state index in [1.807, 2.05) is 91.0 Å². The van der Waals surface area contributed by atoms with Crippen molar-refractivity contribution in [1.29, 1.82) is 0 Å². The molecule has 9 nitrogen and oxygen atoms in total. The number of nitrogens with two attached hydrogens (primary N) is 1. The van der Waals surface area contributed by atoms with Gasteiger partial charge in [-0.1, -0.05) is 136 Å². The summed E-state index contributed by atoms with van der Waals surface area (Å²) >= 11 is 7.46. The molecule has 0 fully saturated rings. The second-order valence-corrected chi connectivity index (χ2v) is 10.4. The summed E-state index contributed by atoms with van der Waals surface area (Å²) in [5.41, 5.74) is 7.75. The van der Waals surface area contributed by atoms with Crippen LogP contribution in [0, 0.1) is 0 Å². The van der Waals surface area contributed by atoms with Crippen molar-refractivity contribution < 1.29 is 14.5 Å². The fourth-order valence-electron chi connectivity index (χ4n) is 4.47. The smallest absolute Gasteiger partial charge is 0.375 e. The number of rotatable bonds is 8. The number of hydrogen-bond acceptors (Lipinski definition) is 9. The lowest BCUT2D eigenvalue weighted by Crippen LogP contribution is -2.34. The summed E-state index contributed by atoms with van der Waals surface area (Å²) in [6.07, 6.45) is 0. The molecule has 0 saturated heterocycles. The van der Waals surface area contributed by atoms with Crippen molar-refractivity contribution in [3.8, 4) is 0 Å². The van der Waals surface area contributed by atoms with Crippen LogP contribution in [-0.4, -0.2) is 31.8 Å². The molecule has 0 bridgehead atoms. The van der Waals surface area contributed by atoms with E-state index in [-0.39, 0.29) is 20.9 Å². The third-order valence-corrected chi connectivity index (χ3v) is 7.41. The third-order valence-electron chi connectivity index (χ3n) is 6.33. The fourth-order valence-corrected chi connectivity index (χ4v) is 5.40. The van der Waals surface area contributed by atoms with Crippen LogP contribution in [0.15, 0.2) is 120 Å². The van der Waals surface area contributed by atoms with Gasteiger partial charge in [0.2, 0.25) is 11.3 Å². The molecule has 2 N–H and O–H groups in total. The average molecular weight is 581 g/mol. The van der Waals surface area contributed by atoms with Crippen LogP contribution in [0.1, 0.15) is 22.4 Å². The van der Waals surface area contributed by atoms with Crippen molar-refractivity contribution in [2.75, 3.05) is 5.73 Å². The summed E-state index contributed by atoms with van der Waals surface area (Å²) in [6.45, 7) is 0. The molecular weight excluding hydrogens is 560 g/mol. The van der Waals surface area contributed by atoms with E-state index < -0.39 is 11.6 Å². The predicted molar refractivity (Wildman–Crippen MR) is 157 cm³/mol. The van der Waals surface area contributed by atoms with E-state index in [1.165, 1.54) is 0 Å². The highest BCUT2D eigenvalue weighted by Gasteiger charge is 2.40. The van der Waals surface area contributed by atoms with Crippen LogP contribution in [0.5, 0.6) is 0 Å². The molecule has 2 aromatic heterocycles. The summed E-state index contributed by atoms with van der Waals surface area (Å²) < 4.78 is 0.148. The van der Waals surface area contributed by atoms with Gasteiger partial charge >= 0.3 is 5.97 Å². The number of nitrogens with zero attached hydrogens (tertiary/aromatic N) is 5. The molecule has 0 amide bonds. The Balaban J connectivity index is 1.51. The molecule has 0 unspecified atom stereocenters. The van der Waals surface area contributed by atoms with Crippen LogP contribution in [0.3, 0.4) is 0 Å². The summed E-state index contributed by atoms with van der Waals surface area (Å²) in [5.74, 6) is -0.920. The Kier molecular flexibility index (Phi) is 7.15. The fraction of sp³-hybridized carbons (Fsp3) is 0.0333. The molecule has 0 aliphatic rings. The number of aromatic nitrogens is 4. The van der Waals surface area contributed by atoms with E-state index in [4.69, 9.17) is 27.0 Å². The van der Waals surface area contributed by atoms with Gasteiger partial charge in [0.05, 0.1) is 0 Å². The highest BCUT2D eigenvalue weighted by Crippen LogP contribution is 2.41.